The maximum absolute atomic E-state index is 12.5. The van der Waals surface area contributed by atoms with Gasteiger partial charge in [0.25, 0.3) is 0 Å². The topological polar surface area (TPSA) is 54.3 Å². The van der Waals surface area contributed by atoms with E-state index in [0.717, 1.165) is 20.3 Å². The van der Waals surface area contributed by atoms with Crippen molar-refractivity contribution in [3.8, 4) is 0 Å². The van der Waals surface area contributed by atoms with Crippen LogP contribution < -0.4 is 4.72 Å². The summed E-state index contributed by atoms with van der Waals surface area (Å²) in [6, 6.07) is 11.4. The van der Waals surface area contributed by atoms with Gasteiger partial charge in [0, 0.05) is 36.7 Å². The first-order valence-corrected chi connectivity index (χ1v) is 10.8. The second-order valence-electron chi connectivity index (χ2n) is 6.10. The van der Waals surface area contributed by atoms with Gasteiger partial charge in [-0.05, 0) is 53.8 Å². The maximum atomic E-state index is 12.5. The van der Waals surface area contributed by atoms with E-state index in [-0.39, 0.29) is 6.04 Å². The van der Waals surface area contributed by atoms with Crippen molar-refractivity contribution in [3.05, 3.63) is 51.9 Å². The van der Waals surface area contributed by atoms with Crippen LogP contribution in [-0.2, 0) is 17.1 Å². The summed E-state index contributed by atoms with van der Waals surface area (Å²) in [6.45, 7) is 0.304. The minimum atomic E-state index is -3.52. The smallest absolute Gasteiger partial charge is 0.250 e. The lowest BCUT2D eigenvalue weighted by Crippen LogP contribution is -2.34. The Hall–Kier alpha value is -1.19. The minimum Gasteiger partial charge on any atom is -0.350 e. The second kappa shape index (κ2) is 7.20. The molecule has 1 N–H and O–H groups in total. The summed E-state index contributed by atoms with van der Waals surface area (Å²) in [5.41, 5.74) is 2.24. The first kappa shape index (κ1) is 18.6. The van der Waals surface area contributed by atoms with Gasteiger partial charge in [0.2, 0.25) is 10.0 Å². The number of fused-ring (bicyclic) bond motifs is 1. The van der Waals surface area contributed by atoms with E-state index >= 15 is 0 Å². The Morgan fingerprint density at radius 1 is 1.24 bits per heavy atom. The molecule has 0 bridgehead atoms. The van der Waals surface area contributed by atoms with E-state index < -0.39 is 10.0 Å². The SMILES string of the molecule is CN(C)[C@H](CNS(=O)(=O)c1ccc(Br)s1)c1cn(C)c2ccccc12. The summed E-state index contributed by atoms with van der Waals surface area (Å²) in [6.07, 6.45) is 2.07. The largest absolute Gasteiger partial charge is 0.350 e. The van der Waals surface area contributed by atoms with Crippen molar-refractivity contribution >= 4 is 48.2 Å². The van der Waals surface area contributed by atoms with Crippen LogP contribution in [0.3, 0.4) is 0 Å². The minimum absolute atomic E-state index is 0.0655. The van der Waals surface area contributed by atoms with E-state index in [1.54, 1.807) is 12.1 Å². The third-order valence-electron chi connectivity index (χ3n) is 4.19. The molecule has 2 aromatic heterocycles. The van der Waals surface area contributed by atoms with Crippen molar-refractivity contribution in [3.63, 3.8) is 0 Å². The van der Waals surface area contributed by atoms with Crippen molar-refractivity contribution < 1.29 is 8.42 Å². The monoisotopic (exact) mass is 441 g/mol. The molecule has 0 spiro atoms. The molecular weight excluding hydrogens is 422 g/mol. The molecule has 25 heavy (non-hydrogen) atoms. The third-order valence-corrected chi connectivity index (χ3v) is 7.73. The van der Waals surface area contributed by atoms with Gasteiger partial charge in [-0.25, -0.2) is 13.1 Å². The summed E-state index contributed by atoms with van der Waals surface area (Å²) < 4.78 is 31.0. The van der Waals surface area contributed by atoms with E-state index in [2.05, 4.69) is 43.5 Å². The number of hydrogen-bond donors (Lipinski definition) is 1. The number of aryl methyl sites for hydroxylation is 1. The van der Waals surface area contributed by atoms with Gasteiger partial charge in [-0.15, -0.1) is 11.3 Å². The normalized spacial score (nSPS) is 13.6. The summed E-state index contributed by atoms with van der Waals surface area (Å²) >= 11 is 4.52. The van der Waals surface area contributed by atoms with Gasteiger partial charge in [0.1, 0.15) is 4.21 Å². The lowest BCUT2D eigenvalue weighted by atomic mass is 10.1. The van der Waals surface area contributed by atoms with Crippen molar-refractivity contribution in [2.24, 2.45) is 7.05 Å². The van der Waals surface area contributed by atoms with Gasteiger partial charge in [-0.2, -0.15) is 0 Å². The Bertz CT molecular complexity index is 992. The zero-order valence-electron chi connectivity index (χ0n) is 14.2. The highest BCUT2D eigenvalue weighted by molar-refractivity contribution is 9.11. The third kappa shape index (κ3) is 3.83. The maximum Gasteiger partial charge on any atom is 0.250 e. The molecule has 134 valence electrons. The van der Waals surface area contributed by atoms with Crippen molar-refractivity contribution in [2.45, 2.75) is 10.3 Å². The van der Waals surface area contributed by atoms with Crippen LogP contribution in [0.25, 0.3) is 10.9 Å². The number of benzene rings is 1. The average Bonchev–Trinajstić information content (AvgIpc) is 3.13. The molecule has 0 unspecified atom stereocenters. The number of nitrogens with one attached hydrogen (secondary N) is 1. The van der Waals surface area contributed by atoms with Crippen LogP contribution >= 0.6 is 27.3 Å². The number of aromatic nitrogens is 1. The van der Waals surface area contributed by atoms with Crippen LogP contribution in [0.2, 0.25) is 0 Å². The van der Waals surface area contributed by atoms with Crippen LogP contribution in [0.15, 0.2) is 50.6 Å². The van der Waals surface area contributed by atoms with Gasteiger partial charge < -0.3 is 9.47 Å². The molecule has 2 heterocycles. The first-order chi connectivity index (χ1) is 11.8. The molecule has 1 aromatic carbocycles. The van der Waals surface area contributed by atoms with Crippen LogP contribution in [0.1, 0.15) is 11.6 Å². The lowest BCUT2D eigenvalue weighted by molar-refractivity contribution is 0.301. The van der Waals surface area contributed by atoms with Crippen molar-refractivity contribution in [1.29, 1.82) is 0 Å². The van der Waals surface area contributed by atoms with Gasteiger partial charge >= 0.3 is 0 Å². The van der Waals surface area contributed by atoms with E-state index in [9.17, 15) is 8.42 Å². The molecule has 5 nitrogen and oxygen atoms in total. The second-order valence-corrected chi connectivity index (χ2v) is 10.6. The Labute approximate surface area is 160 Å². The predicted octanol–water partition coefficient (Wildman–Crippen LogP) is 3.58. The van der Waals surface area contributed by atoms with Crippen LogP contribution in [0.4, 0.5) is 0 Å². The van der Waals surface area contributed by atoms with Gasteiger partial charge in [-0.3, -0.25) is 0 Å². The number of para-hydroxylation sites is 1. The fourth-order valence-corrected chi connectivity index (χ4v) is 6.00. The lowest BCUT2D eigenvalue weighted by Gasteiger charge is -2.24. The van der Waals surface area contributed by atoms with Crippen LogP contribution in [0, 0.1) is 0 Å². The summed E-state index contributed by atoms with van der Waals surface area (Å²) in [7, 11) is 2.41. The highest BCUT2D eigenvalue weighted by atomic mass is 79.9. The van der Waals surface area contributed by atoms with E-state index in [1.165, 1.54) is 11.3 Å². The highest BCUT2D eigenvalue weighted by Gasteiger charge is 2.23. The molecule has 8 heteroatoms. The number of likely N-dealkylation sites (N-methyl/N-ethyl adjacent to an activating group) is 1. The van der Waals surface area contributed by atoms with Gasteiger partial charge in [0.15, 0.2) is 0 Å². The molecular formula is C17H20BrN3O2S2. The molecule has 1 atom stereocenters. The Morgan fingerprint density at radius 3 is 2.60 bits per heavy atom. The Balaban J connectivity index is 1.89. The average molecular weight is 442 g/mol. The summed E-state index contributed by atoms with van der Waals surface area (Å²) in [5, 5.41) is 1.14. The molecule has 0 amide bonds. The number of halogens is 1. The van der Waals surface area contributed by atoms with Crippen molar-refractivity contribution in [1.82, 2.24) is 14.2 Å². The summed E-state index contributed by atoms with van der Waals surface area (Å²) in [4.78, 5) is 2.04. The van der Waals surface area contributed by atoms with Crippen molar-refractivity contribution in [2.75, 3.05) is 20.6 Å². The van der Waals surface area contributed by atoms with Crippen LogP contribution in [-0.4, -0.2) is 38.5 Å². The van der Waals surface area contributed by atoms with Crippen LogP contribution in [0.5, 0.6) is 0 Å². The fourth-order valence-electron chi connectivity index (χ4n) is 2.91. The zero-order chi connectivity index (χ0) is 18.2. The molecule has 3 rings (SSSR count). The number of hydrogen-bond acceptors (Lipinski definition) is 4. The van der Waals surface area contributed by atoms with Gasteiger partial charge in [0.05, 0.1) is 3.79 Å². The molecule has 0 aliphatic carbocycles. The molecule has 3 aromatic rings. The number of sulfonamides is 1. The summed E-state index contributed by atoms with van der Waals surface area (Å²) in [5.74, 6) is 0. The number of nitrogens with zero attached hydrogens (tertiary/aromatic N) is 2. The highest BCUT2D eigenvalue weighted by Crippen LogP contribution is 2.29. The Morgan fingerprint density at radius 2 is 1.96 bits per heavy atom. The molecule has 0 aliphatic heterocycles. The number of rotatable bonds is 6. The van der Waals surface area contributed by atoms with E-state index in [0.29, 0.717) is 10.8 Å². The molecule has 0 fully saturated rings. The standard InChI is InChI=1S/C17H20BrN3O2S2/c1-20(2)15(10-19-25(22,23)17-9-8-16(18)24-17)13-11-21(3)14-7-5-4-6-12(13)14/h4-9,11,15,19H,10H2,1-3H3/t15-/m1/s1. The fraction of sp³-hybridized carbons (Fsp3) is 0.294. The quantitative estimate of drug-likeness (QED) is 0.635. The Kier molecular flexibility index (Phi) is 5.36. The molecule has 0 radical (unpaired) electrons. The predicted molar refractivity (Wildman–Crippen MR) is 107 cm³/mol. The van der Waals surface area contributed by atoms with Gasteiger partial charge in [-0.1, -0.05) is 18.2 Å². The first-order valence-electron chi connectivity index (χ1n) is 7.75. The number of thiophene rings is 1. The molecule has 0 aliphatic rings. The van der Waals surface area contributed by atoms with E-state index in [4.69, 9.17) is 0 Å². The van der Waals surface area contributed by atoms with E-state index in [1.807, 2.05) is 38.2 Å². The molecule has 0 saturated carbocycles. The zero-order valence-corrected chi connectivity index (χ0v) is 17.5. The molecule has 0 saturated heterocycles.